The minimum absolute atomic E-state index is 0.0603. The first-order chi connectivity index (χ1) is 12.1. The van der Waals surface area contributed by atoms with Crippen LogP contribution in [-0.2, 0) is 6.42 Å². The summed E-state index contributed by atoms with van der Waals surface area (Å²) in [6.07, 6.45) is 1.05. The highest BCUT2D eigenvalue weighted by molar-refractivity contribution is 5.96. The molecule has 0 radical (unpaired) electrons. The second kappa shape index (κ2) is 7.83. The summed E-state index contributed by atoms with van der Waals surface area (Å²) >= 11 is 0. The summed E-state index contributed by atoms with van der Waals surface area (Å²) in [5.74, 6) is 0.923. The van der Waals surface area contributed by atoms with Crippen LogP contribution in [0.1, 0.15) is 47.1 Å². The Balaban J connectivity index is 1.55. The van der Waals surface area contributed by atoms with Gasteiger partial charge < -0.3 is 9.42 Å². The third-order valence-electron chi connectivity index (χ3n) is 4.85. The molecule has 25 heavy (non-hydrogen) atoms. The third-order valence-corrected chi connectivity index (χ3v) is 4.85. The van der Waals surface area contributed by atoms with Gasteiger partial charge >= 0.3 is 0 Å². The molecule has 0 bridgehead atoms. The average Bonchev–Trinajstić information content (AvgIpc) is 3.02. The molecule has 1 aromatic heterocycles. The van der Waals surface area contributed by atoms with Crippen molar-refractivity contribution in [1.29, 1.82) is 0 Å². The van der Waals surface area contributed by atoms with Crippen molar-refractivity contribution >= 4 is 5.91 Å². The molecule has 0 saturated carbocycles. The van der Waals surface area contributed by atoms with Gasteiger partial charge in [0.05, 0.1) is 5.69 Å². The lowest BCUT2D eigenvalue weighted by Crippen LogP contribution is -2.49. The van der Waals surface area contributed by atoms with Crippen LogP contribution in [-0.4, -0.2) is 53.6 Å². The zero-order valence-electron chi connectivity index (χ0n) is 15.4. The highest BCUT2D eigenvalue weighted by Crippen LogP contribution is 2.24. The molecule has 1 aliphatic rings. The van der Waals surface area contributed by atoms with Crippen LogP contribution < -0.4 is 0 Å². The van der Waals surface area contributed by atoms with Gasteiger partial charge in [0.2, 0.25) is 0 Å². The van der Waals surface area contributed by atoms with E-state index in [0.717, 1.165) is 39.1 Å². The molecular weight excluding hydrogens is 314 g/mol. The molecule has 1 aromatic carbocycles. The topological polar surface area (TPSA) is 49.6 Å². The Kier molecular flexibility index (Phi) is 5.53. The van der Waals surface area contributed by atoms with Crippen LogP contribution in [0.15, 0.2) is 34.9 Å². The number of aryl methyl sites for hydroxylation is 1. The maximum absolute atomic E-state index is 12.9. The molecule has 2 aromatic rings. The highest BCUT2D eigenvalue weighted by Gasteiger charge is 2.28. The van der Waals surface area contributed by atoms with Gasteiger partial charge in [-0.05, 0) is 18.9 Å². The largest absolute Gasteiger partial charge is 0.360 e. The van der Waals surface area contributed by atoms with E-state index in [1.165, 1.54) is 5.56 Å². The van der Waals surface area contributed by atoms with Gasteiger partial charge in [-0.2, -0.15) is 0 Å². The number of rotatable bonds is 5. The van der Waals surface area contributed by atoms with Crippen molar-refractivity contribution in [3.8, 4) is 0 Å². The lowest BCUT2D eigenvalue weighted by Gasteiger charge is -2.34. The number of carbonyl (C=O) groups excluding carboxylic acids is 1. The zero-order valence-corrected chi connectivity index (χ0v) is 15.4. The molecular formula is C20H27N3O2. The lowest BCUT2D eigenvalue weighted by molar-refractivity contribution is 0.0635. The Morgan fingerprint density at radius 3 is 2.48 bits per heavy atom. The molecule has 5 heteroatoms. The van der Waals surface area contributed by atoms with Gasteiger partial charge in [0.1, 0.15) is 5.56 Å². The summed E-state index contributed by atoms with van der Waals surface area (Å²) in [4.78, 5) is 17.3. The molecule has 2 heterocycles. The van der Waals surface area contributed by atoms with E-state index in [1.807, 2.05) is 31.7 Å². The van der Waals surface area contributed by atoms with E-state index < -0.39 is 0 Å². The second-order valence-electron chi connectivity index (χ2n) is 7.03. The van der Waals surface area contributed by atoms with Crippen molar-refractivity contribution in [1.82, 2.24) is 15.0 Å². The van der Waals surface area contributed by atoms with Crippen LogP contribution >= 0.6 is 0 Å². The van der Waals surface area contributed by atoms with E-state index in [1.54, 1.807) is 0 Å². The summed E-state index contributed by atoms with van der Waals surface area (Å²) in [6, 6.07) is 10.6. The molecule has 0 aliphatic carbocycles. The predicted octanol–water partition coefficient (Wildman–Crippen LogP) is 3.11. The third kappa shape index (κ3) is 4.10. The van der Waals surface area contributed by atoms with Crippen molar-refractivity contribution in [2.75, 3.05) is 32.7 Å². The first-order valence-electron chi connectivity index (χ1n) is 9.08. The highest BCUT2D eigenvalue weighted by atomic mass is 16.5. The van der Waals surface area contributed by atoms with E-state index in [2.05, 4.69) is 34.3 Å². The summed E-state index contributed by atoms with van der Waals surface area (Å²) in [6.45, 7) is 10.3. The normalized spacial score (nSPS) is 15.8. The van der Waals surface area contributed by atoms with Gasteiger partial charge in [-0.3, -0.25) is 9.69 Å². The number of aromatic nitrogens is 1. The fourth-order valence-electron chi connectivity index (χ4n) is 3.31. The monoisotopic (exact) mass is 341 g/mol. The van der Waals surface area contributed by atoms with Crippen LogP contribution in [0.3, 0.4) is 0 Å². The minimum atomic E-state index is 0.0603. The Hall–Kier alpha value is -2.14. The summed E-state index contributed by atoms with van der Waals surface area (Å²) < 4.78 is 5.37. The molecule has 0 spiro atoms. The lowest BCUT2D eigenvalue weighted by atomic mass is 10.0. The summed E-state index contributed by atoms with van der Waals surface area (Å²) in [5, 5.41) is 4.00. The SMILES string of the molecule is Cc1noc(C(C)C)c1C(=O)N1CCN(CCc2ccccc2)CC1. The minimum Gasteiger partial charge on any atom is -0.360 e. The van der Waals surface area contributed by atoms with Crippen molar-refractivity contribution in [3.05, 3.63) is 52.9 Å². The van der Waals surface area contributed by atoms with Crippen molar-refractivity contribution in [3.63, 3.8) is 0 Å². The van der Waals surface area contributed by atoms with E-state index in [0.29, 0.717) is 17.0 Å². The maximum Gasteiger partial charge on any atom is 0.259 e. The molecule has 0 unspecified atom stereocenters. The fraction of sp³-hybridized carbons (Fsp3) is 0.500. The van der Waals surface area contributed by atoms with Gasteiger partial charge in [0.25, 0.3) is 5.91 Å². The van der Waals surface area contributed by atoms with Crippen LogP contribution in [0.2, 0.25) is 0 Å². The first-order valence-corrected chi connectivity index (χ1v) is 9.08. The number of amides is 1. The smallest absolute Gasteiger partial charge is 0.259 e. The van der Waals surface area contributed by atoms with E-state index in [4.69, 9.17) is 4.52 Å². The second-order valence-corrected chi connectivity index (χ2v) is 7.03. The van der Waals surface area contributed by atoms with Crippen molar-refractivity contribution in [2.45, 2.75) is 33.1 Å². The number of carbonyl (C=O) groups is 1. The predicted molar refractivity (Wildman–Crippen MR) is 97.8 cm³/mol. The standard InChI is InChI=1S/C20H27N3O2/c1-15(2)19-18(16(3)21-25-19)20(24)23-13-11-22(12-14-23)10-9-17-7-5-4-6-8-17/h4-8,15H,9-14H2,1-3H3. The van der Waals surface area contributed by atoms with Crippen LogP contribution in [0, 0.1) is 6.92 Å². The number of piperazine rings is 1. The number of benzene rings is 1. The molecule has 1 fully saturated rings. The molecule has 5 nitrogen and oxygen atoms in total. The maximum atomic E-state index is 12.9. The number of nitrogens with zero attached hydrogens (tertiary/aromatic N) is 3. The Bertz CT molecular complexity index is 701. The van der Waals surface area contributed by atoms with Gasteiger partial charge in [-0.1, -0.05) is 49.3 Å². The molecule has 0 atom stereocenters. The Morgan fingerprint density at radius 2 is 1.84 bits per heavy atom. The average molecular weight is 341 g/mol. The van der Waals surface area contributed by atoms with Gasteiger partial charge in [-0.15, -0.1) is 0 Å². The summed E-state index contributed by atoms with van der Waals surface area (Å²) in [7, 11) is 0. The van der Waals surface area contributed by atoms with Gasteiger partial charge in [0, 0.05) is 38.6 Å². The quantitative estimate of drug-likeness (QED) is 0.838. The van der Waals surface area contributed by atoms with Crippen molar-refractivity contribution < 1.29 is 9.32 Å². The number of hydrogen-bond acceptors (Lipinski definition) is 4. The summed E-state index contributed by atoms with van der Waals surface area (Å²) in [5.41, 5.74) is 2.72. The molecule has 3 rings (SSSR count). The van der Waals surface area contributed by atoms with E-state index in [9.17, 15) is 4.79 Å². The van der Waals surface area contributed by atoms with E-state index in [-0.39, 0.29) is 11.8 Å². The fourth-order valence-corrected chi connectivity index (χ4v) is 3.31. The van der Waals surface area contributed by atoms with Crippen LogP contribution in [0.5, 0.6) is 0 Å². The first kappa shape index (κ1) is 17.7. The van der Waals surface area contributed by atoms with Gasteiger partial charge in [-0.25, -0.2) is 0 Å². The number of hydrogen-bond donors (Lipinski definition) is 0. The zero-order chi connectivity index (χ0) is 17.8. The van der Waals surface area contributed by atoms with Gasteiger partial charge in [0.15, 0.2) is 5.76 Å². The molecule has 1 amide bonds. The van der Waals surface area contributed by atoms with Crippen LogP contribution in [0.4, 0.5) is 0 Å². The van der Waals surface area contributed by atoms with Crippen molar-refractivity contribution in [2.24, 2.45) is 0 Å². The van der Waals surface area contributed by atoms with Crippen LogP contribution in [0.25, 0.3) is 0 Å². The molecule has 134 valence electrons. The molecule has 1 aliphatic heterocycles. The molecule has 0 N–H and O–H groups in total. The Labute approximate surface area is 149 Å². The molecule has 1 saturated heterocycles. The Morgan fingerprint density at radius 1 is 1.16 bits per heavy atom. The van der Waals surface area contributed by atoms with E-state index >= 15 is 0 Å².